The number of hydrogen-bond donors (Lipinski definition) is 5. The summed E-state index contributed by atoms with van der Waals surface area (Å²) in [7, 11) is 1.61. The first kappa shape index (κ1) is 45.3. The van der Waals surface area contributed by atoms with Gasteiger partial charge in [-0.2, -0.15) is 4.98 Å². The zero-order valence-electron chi connectivity index (χ0n) is 34.5. The fourth-order valence-electron chi connectivity index (χ4n) is 7.64. The smallest absolute Gasteiger partial charge is 0.407 e. The lowest BCUT2D eigenvalue weighted by atomic mass is 10.0. The Hall–Kier alpha value is -6.71. The summed E-state index contributed by atoms with van der Waals surface area (Å²) in [6.07, 6.45) is -1.000. The summed E-state index contributed by atoms with van der Waals surface area (Å²) in [6, 6.07) is 8.62. The molecule has 3 aliphatic heterocycles. The Morgan fingerprint density at radius 1 is 0.922 bits per heavy atom. The largest absolute Gasteiger partial charge is 0.507 e. The molecule has 22 heteroatoms. The number of carbonyl (C=O) groups is 6. The van der Waals surface area contributed by atoms with E-state index in [1.54, 1.807) is 24.1 Å². The van der Waals surface area contributed by atoms with Crippen molar-refractivity contribution in [2.24, 2.45) is 0 Å². The number of imide groups is 2. The second-order valence-corrected chi connectivity index (χ2v) is 15.4. The maximum atomic E-state index is 16.4. The van der Waals surface area contributed by atoms with Crippen molar-refractivity contribution < 1.29 is 57.2 Å². The maximum Gasteiger partial charge on any atom is 0.407 e. The molecule has 5 N–H and O–H groups in total. The zero-order valence-corrected chi connectivity index (χ0v) is 35.3. The van der Waals surface area contributed by atoms with Crippen LogP contribution >= 0.6 is 11.6 Å². The Labute approximate surface area is 369 Å². The van der Waals surface area contributed by atoms with E-state index in [0.717, 1.165) is 11.0 Å². The summed E-state index contributed by atoms with van der Waals surface area (Å²) in [6.45, 7) is 2.25. The molecule has 0 saturated carbocycles. The number of hydrogen-bond acceptors (Lipinski definition) is 14. The number of benzene rings is 3. The number of nitrogens with one attached hydrogen (secondary N) is 3. The first-order chi connectivity index (χ1) is 30.7. The number of ether oxygens (including phenoxy) is 2. The highest BCUT2D eigenvalue weighted by molar-refractivity contribution is 6.34. The van der Waals surface area contributed by atoms with Crippen LogP contribution in [0.15, 0.2) is 42.5 Å². The number of likely N-dealkylation sites (N-methyl/N-ethyl adjacent to an activating group) is 1. The number of carbonyl (C=O) groups excluding carboxylic acids is 5. The molecule has 1 aromatic heterocycles. The van der Waals surface area contributed by atoms with Crippen LogP contribution < -0.4 is 20.9 Å². The quantitative estimate of drug-likeness (QED) is 0.0753. The number of rotatable bonds is 17. The van der Waals surface area contributed by atoms with Gasteiger partial charge < -0.3 is 45.0 Å². The molecule has 0 bridgehead atoms. The van der Waals surface area contributed by atoms with Crippen LogP contribution in [-0.2, 0) is 23.9 Å². The molecule has 19 nitrogen and oxygen atoms in total. The van der Waals surface area contributed by atoms with Gasteiger partial charge in [0, 0.05) is 82.3 Å². The number of carboxylic acid groups (broad SMARTS) is 1. The van der Waals surface area contributed by atoms with Gasteiger partial charge in [0.15, 0.2) is 5.82 Å². The molecule has 1 unspecified atom stereocenters. The van der Waals surface area contributed by atoms with Crippen LogP contribution in [0.4, 0.5) is 31.0 Å². The van der Waals surface area contributed by atoms with Crippen LogP contribution in [0.1, 0.15) is 40.0 Å². The number of halogens is 3. The molecule has 2 saturated heterocycles. The number of aromatic nitrogens is 2. The summed E-state index contributed by atoms with van der Waals surface area (Å²) in [5.41, 5.74) is -0.347. The average molecular weight is 908 g/mol. The number of amides is 6. The fraction of sp³-hybridized carbons (Fsp3) is 0.381. The van der Waals surface area contributed by atoms with Gasteiger partial charge in [0.2, 0.25) is 23.7 Å². The van der Waals surface area contributed by atoms with E-state index in [-0.39, 0.29) is 130 Å². The van der Waals surface area contributed by atoms with Gasteiger partial charge in [0.05, 0.1) is 48.1 Å². The Balaban J connectivity index is 0.870. The number of phenols is 1. The molecule has 4 aromatic rings. The number of piperidine rings is 1. The molecule has 338 valence electrons. The number of piperazine rings is 1. The van der Waals surface area contributed by atoms with Gasteiger partial charge in [0.25, 0.3) is 11.8 Å². The van der Waals surface area contributed by atoms with Gasteiger partial charge in [-0.1, -0.05) is 23.7 Å². The standard InChI is InChI=1S/C42H44ClF2N9O10/c1-51(17-19-64-21-20-63-18-12-46-27-6-2-4-23-32(27)40(60)54(39(23)59)28-8-9-30(56)48-38(28)58)31(57)10-11-47-41-49-36-24(37(50-41)52-13-15-53(16-14-52)42(61)62)22-25(43)33(35(36)45)34-26(44)5-3-7-29(34)55/h2-7,22,28,46,55H,8-21H2,1H3,(H,61,62)(H,47,49,50)(H,48,56,58). The minimum atomic E-state index is -1.08. The Morgan fingerprint density at radius 3 is 2.38 bits per heavy atom. The molecule has 0 spiro atoms. The Bertz CT molecular complexity index is 2490. The fourth-order valence-corrected chi connectivity index (χ4v) is 7.93. The predicted octanol–water partition coefficient (Wildman–Crippen LogP) is 3.54. The highest BCUT2D eigenvalue weighted by atomic mass is 35.5. The molecule has 64 heavy (non-hydrogen) atoms. The van der Waals surface area contributed by atoms with Crippen LogP contribution in [0.2, 0.25) is 5.02 Å². The van der Waals surface area contributed by atoms with Crippen molar-refractivity contribution in [3.8, 4) is 16.9 Å². The first-order valence-corrected chi connectivity index (χ1v) is 20.7. The minimum Gasteiger partial charge on any atom is -0.507 e. The van der Waals surface area contributed by atoms with E-state index in [1.165, 1.54) is 34.1 Å². The zero-order chi connectivity index (χ0) is 45.7. The summed E-state index contributed by atoms with van der Waals surface area (Å²) in [5, 5.41) is 28.1. The molecule has 1 atom stereocenters. The molecule has 7 rings (SSSR count). The highest BCUT2D eigenvalue weighted by Gasteiger charge is 2.45. The van der Waals surface area contributed by atoms with E-state index in [9.17, 15) is 43.4 Å². The average Bonchev–Trinajstić information content (AvgIpc) is 3.52. The summed E-state index contributed by atoms with van der Waals surface area (Å²) < 4.78 is 42.6. The molecule has 0 radical (unpaired) electrons. The van der Waals surface area contributed by atoms with Crippen molar-refractivity contribution in [2.45, 2.75) is 25.3 Å². The van der Waals surface area contributed by atoms with E-state index < -0.39 is 64.3 Å². The van der Waals surface area contributed by atoms with Crippen LogP contribution in [-0.4, -0.2) is 156 Å². The second-order valence-electron chi connectivity index (χ2n) is 15.0. The van der Waals surface area contributed by atoms with Gasteiger partial charge in [-0.25, -0.2) is 18.6 Å². The third-order valence-corrected chi connectivity index (χ3v) is 11.3. The van der Waals surface area contributed by atoms with E-state index in [1.807, 2.05) is 0 Å². The number of nitrogens with zero attached hydrogens (tertiary/aromatic N) is 6. The first-order valence-electron chi connectivity index (χ1n) is 20.4. The topological polar surface area (TPSA) is 236 Å². The lowest BCUT2D eigenvalue weighted by molar-refractivity contribution is -0.136. The monoisotopic (exact) mass is 907 g/mol. The molecular weight excluding hydrogens is 864 g/mol. The lowest BCUT2D eigenvalue weighted by Gasteiger charge is -2.34. The van der Waals surface area contributed by atoms with E-state index in [2.05, 4.69) is 25.9 Å². The van der Waals surface area contributed by atoms with Crippen LogP contribution in [0, 0.1) is 11.6 Å². The van der Waals surface area contributed by atoms with Crippen LogP contribution in [0.5, 0.6) is 5.75 Å². The van der Waals surface area contributed by atoms with Crippen molar-refractivity contribution in [2.75, 3.05) is 94.8 Å². The van der Waals surface area contributed by atoms with Gasteiger partial charge in [-0.3, -0.25) is 34.2 Å². The SMILES string of the molecule is CN(CCOCCOCCNc1cccc2c1C(=O)N(C1CCC(=O)NC1=O)C2=O)C(=O)CCNc1nc(N2CCN(C(=O)O)CC2)c2cc(Cl)c(-c3c(O)cccc3F)c(F)c2n1. The Morgan fingerprint density at radius 2 is 1.66 bits per heavy atom. The molecule has 6 amide bonds. The lowest BCUT2D eigenvalue weighted by Crippen LogP contribution is -2.54. The number of fused-ring (bicyclic) bond motifs is 2. The van der Waals surface area contributed by atoms with Gasteiger partial charge >= 0.3 is 6.09 Å². The molecule has 2 fully saturated rings. The summed E-state index contributed by atoms with van der Waals surface area (Å²) in [4.78, 5) is 89.1. The highest BCUT2D eigenvalue weighted by Crippen LogP contribution is 2.42. The van der Waals surface area contributed by atoms with Crippen LogP contribution in [0.25, 0.3) is 22.0 Å². The van der Waals surface area contributed by atoms with Crippen molar-refractivity contribution in [3.05, 3.63) is 70.2 Å². The summed E-state index contributed by atoms with van der Waals surface area (Å²) in [5.74, 6) is -4.84. The Kier molecular flexibility index (Phi) is 14.0. The maximum absolute atomic E-state index is 16.4. The van der Waals surface area contributed by atoms with Crippen molar-refractivity contribution in [1.29, 1.82) is 0 Å². The minimum absolute atomic E-state index is 0.00257. The van der Waals surface area contributed by atoms with E-state index in [4.69, 9.17) is 21.1 Å². The van der Waals surface area contributed by atoms with Crippen molar-refractivity contribution in [3.63, 3.8) is 0 Å². The third kappa shape index (κ3) is 9.60. The van der Waals surface area contributed by atoms with Gasteiger partial charge in [-0.15, -0.1) is 0 Å². The van der Waals surface area contributed by atoms with E-state index in [0.29, 0.717) is 12.2 Å². The third-order valence-electron chi connectivity index (χ3n) is 11.0. The molecule has 0 aliphatic carbocycles. The number of aromatic hydroxyl groups is 1. The van der Waals surface area contributed by atoms with Crippen LogP contribution in [0.3, 0.4) is 0 Å². The second kappa shape index (κ2) is 19.8. The van der Waals surface area contributed by atoms with Crippen molar-refractivity contribution >= 4 is 75.6 Å². The number of phenolic OH excluding ortho intramolecular Hbond substituents is 1. The van der Waals surface area contributed by atoms with Gasteiger partial charge in [0.1, 0.15) is 28.9 Å². The predicted molar refractivity (Wildman–Crippen MR) is 227 cm³/mol. The molecule has 3 aliphatic rings. The normalized spacial score (nSPS) is 16.3. The van der Waals surface area contributed by atoms with E-state index >= 15 is 4.39 Å². The molecule has 3 aromatic carbocycles. The van der Waals surface area contributed by atoms with Crippen molar-refractivity contribution in [1.82, 2.24) is 30.0 Å². The number of anilines is 3. The molecule has 4 heterocycles. The molecular formula is C42H44ClF2N9O10. The van der Waals surface area contributed by atoms with Gasteiger partial charge in [-0.05, 0) is 36.8 Å². The summed E-state index contributed by atoms with van der Waals surface area (Å²) >= 11 is 6.51.